The normalized spacial score (nSPS) is 13.7. The van der Waals surface area contributed by atoms with Gasteiger partial charge in [0, 0.05) is 6.42 Å². The quantitative estimate of drug-likeness (QED) is 0.533. The van der Waals surface area contributed by atoms with Gasteiger partial charge in [-0.15, -0.1) is 0 Å². The first-order chi connectivity index (χ1) is 10.7. The maximum absolute atomic E-state index is 12.2. The van der Waals surface area contributed by atoms with E-state index in [1.54, 1.807) is 0 Å². The molecule has 0 aliphatic heterocycles. The van der Waals surface area contributed by atoms with Crippen molar-refractivity contribution in [3.8, 4) is 0 Å². The Morgan fingerprint density at radius 3 is 2.13 bits per heavy atom. The Kier molecular flexibility index (Phi) is 10.5. The standard InChI is InChI=1S/C17H33N3O3/c1-6-13(18)15(21)10-19-17(23)14(9-12(4)5)20-16(22)8-7-11(2)3/h11-14H,6-10,18H2,1-5H3,(H,19,23)(H,20,22). The van der Waals surface area contributed by atoms with Crippen LogP contribution >= 0.6 is 0 Å². The summed E-state index contributed by atoms with van der Waals surface area (Å²) in [6, 6.07) is -1.17. The van der Waals surface area contributed by atoms with Crippen LogP contribution in [-0.4, -0.2) is 36.2 Å². The smallest absolute Gasteiger partial charge is 0.242 e. The van der Waals surface area contributed by atoms with E-state index in [4.69, 9.17) is 5.73 Å². The summed E-state index contributed by atoms with van der Waals surface area (Å²) in [6.07, 6.45) is 2.26. The molecule has 2 atom stereocenters. The topological polar surface area (TPSA) is 101 Å². The SMILES string of the molecule is CCC(N)C(=O)CNC(=O)C(CC(C)C)NC(=O)CCC(C)C. The van der Waals surface area contributed by atoms with Gasteiger partial charge in [0.05, 0.1) is 12.6 Å². The first-order valence-electron chi connectivity index (χ1n) is 8.52. The van der Waals surface area contributed by atoms with E-state index in [0.717, 1.165) is 6.42 Å². The molecule has 0 saturated carbocycles. The van der Waals surface area contributed by atoms with Crippen LogP contribution in [0.5, 0.6) is 0 Å². The number of carbonyl (C=O) groups excluding carboxylic acids is 3. The van der Waals surface area contributed by atoms with E-state index >= 15 is 0 Å². The number of carbonyl (C=O) groups is 3. The van der Waals surface area contributed by atoms with E-state index in [0.29, 0.717) is 25.2 Å². The summed E-state index contributed by atoms with van der Waals surface area (Å²) in [7, 11) is 0. The third kappa shape index (κ3) is 10.0. The second-order valence-corrected chi connectivity index (χ2v) is 6.88. The number of rotatable bonds is 11. The number of amides is 2. The Morgan fingerprint density at radius 1 is 1.04 bits per heavy atom. The highest BCUT2D eigenvalue weighted by atomic mass is 16.2. The van der Waals surface area contributed by atoms with E-state index in [9.17, 15) is 14.4 Å². The fraction of sp³-hybridized carbons (Fsp3) is 0.824. The maximum Gasteiger partial charge on any atom is 0.242 e. The monoisotopic (exact) mass is 327 g/mol. The molecule has 2 unspecified atom stereocenters. The Morgan fingerprint density at radius 2 is 1.65 bits per heavy atom. The molecule has 0 aromatic rings. The van der Waals surface area contributed by atoms with E-state index in [2.05, 4.69) is 10.6 Å². The molecule has 0 rings (SSSR count). The molecule has 6 nitrogen and oxygen atoms in total. The molecule has 0 radical (unpaired) electrons. The van der Waals surface area contributed by atoms with Crippen molar-refractivity contribution in [1.29, 1.82) is 0 Å². The molecule has 0 aliphatic carbocycles. The van der Waals surface area contributed by atoms with Crippen LogP contribution in [-0.2, 0) is 14.4 Å². The molecule has 6 heteroatoms. The highest BCUT2D eigenvalue weighted by molar-refractivity contribution is 5.92. The number of nitrogens with two attached hydrogens (primary N) is 1. The third-order valence-corrected chi connectivity index (χ3v) is 3.60. The minimum Gasteiger partial charge on any atom is -0.347 e. The highest BCUT2D eigenvalue weighted by Crippen LogP contribution is 2.07. The van der Waals surface area contributed by atoms with Gasteiger partial charge in [0.1, 0.15) is 6.04 Å². The molecule has 134 valence electrons. The summed E-state index contributed by atoms with van der Waals surface area (Å²) in [5, 5.41) is 5.37. The molecule has 0 aromatic carbocycles. The highest BCUT2D eigenvalue weighted by Gasteiger charge is 2.23. The lowest BCUT2D eigenvalue weighted by Gasteiger charge is -2.20. The van der Waals surface area contributed by atoms with E-state index in [1.165, 1.54) is 0 Å². The van der Waals surface area contributed by atoms with Crippen LogP contribution in [0.2, 0.25) is 0 Å². The lowest BCUT2D eigenvalue weighted by Crippen LogP contribution is -2.49. The Balaban J connectivity index is 4.54. The first-order valence-corrected chi connectivity index (χ1v) is 8.52. The van der Waals surface area contributed by atoms with Crippen LogP contribution < -0.4 is 16.4 Å². The lowest BCUT2D eigenvalue weighted by atomic mass is 10.0. The predicted molar refractivity (Wildman–Crippen MR) is 91.7 cm³/mol. The second-order valence-electron chi connectivity index (χ2n) is 6.88. The van der Waals surface area contributed by atoms with Gasteiger partial charge in [-0.05, 0) is 31.1 Å². The molecule has 2 amide bonds. The van der Waals surface area contributed by atoms with Crippen molar-refractivity contribution in [3.05, 3.63) is 0 Å². The van der Waals surface area contributed by atoms with Crippen molar-refractivity contribution in [3.63, 3.8) is 0 Å². The molecule has 0 spiro atoms. The molecule has 23 heavy (non-hydrogen) atoms. The average molecular weight is 327 g/mol. The molecule has 4 N–H and O–H groups in total. The minimum atomic E-state index is -0.611. The minimum absolute atomic E-state index is 0.0930. The van der Waals surface area contributed by atoms with Gasteiger partial charge in [-0.3, -0.25) is 14.4 Å². The van der Waals surface area contributed by atoms with Gasteiger partial charge >= 0.3 is 0 Å². The largest absolute Gasteiger partial charge is 0.347 e. The van der Waals surface area contributed by atoms with Crippen LogP contribution in [0.25, 0.3) is 0 Å². The third-order valence-electron chi connectivity index (χ3n) is 3.60. The zero-order valence-electron chi connectivity index (χ0n) is 15.1. The lowest BCUT2D eigenvalue weighted by molar-refractivity contribution is -0.130. The van der Waals surface area contributed by atoms with Gasteiger partial charge in [-0.1, -0.05) is 34.6 Å². The zero-order valence-corrected chi connectivity index (χ0v) is 15.1. The molecule has 0 aliphatic rings. The number of hydrogen-bond donors (Lipinski definition) is 3. The van der Waals surface area contributed by atoms with Gasteiger partial charge in [0.25, 0.3) is 0 Å². The molecular formula is C17H33N3O3. The molecular weight excluding hydrogens is 294 g/mol. The van der Waals surface area contributed by atoms with Crippen LogP contribution in [0.15, 0.2) is 0 Å². The fourth-order valence-corrected chi connectivity index (χ4v) is 2.05. The van der Waals surface area contributed by atoms with E-state index in [1.807, 2.05) is 34.6 Å². The predicted octanol–water partition coefficient (Wildman–Crippen LogP) is 1.38. The van der Waals surface area contributed by atoms with Crippen molar-refractivity contribution in [1.82, 2.24) is 10.6 Å². The number of nitrogens with one attached hydrogen (secondary N) is 2. The average Bonchev–Trinajstić information content (AvgIpc) is 2.48. The van der Waals surface area contributed by atoms with E-state index in [-0.39, 0.29) is 30.1 Å². The Bertz CT molecular complexity index is 395. The van der Waals surface area contributed by atoms with Crippen LogP contribution in [0.4, 0.5) is 0 Å². The summed E-state index contributed by atoms with van der Waals surface area (Å²) < 4.78 is 0. The molecule has 0 bridgehead atoms. The Hall–Kier alpha value is -1.43. The summed E-state index contributed by atoms with van der Waals surface area (Å²) in [5.74, 6) is 0.0376. The summed E-state index contributed by atoms with van der Waals surface area (Å²) in [4.78, 5) is 35.9. The maximum atomic E-state index is 12.2. The number of hydrogen-bond acceptors (Lipinski definition) is 4. The van der Waals surface area contributed by atoms with Crippen LogP contribution in [0, 0.1) is 11.8 Å². The molecule has 0 fully saturated rings. The Labute approximate surface area is 140 Å². The first kappa shape index (κ1) is 21.6. The second kappa shape index (κ2) is 11.2. The summed E-state index contributed by atoms with van der Waals surface area (Å²) >= 11 is 0. The van der Waals surface area contributed by atoms with E-state index < -0.39 is 12.1 Å². The fourth-order valence-electron chi connectivity index (χ4n) is 2.05. The van der Waals surface area contributed by atoms with Crippen molar-refractivity contribution >= 4 is 17.6 Å². The number of ketones is 1. The summed E-state index contributed by atoms with van der Waals surface area (Å²) in [6.45, 7) is 9.80. The number of Topliss-reactive ketones (excluding diaryl/α,β-unsaturated/α-hetero) is 1. The van der Waals surface area contributed by atoms with Crippen molar-refractivity contribution in [2.75, 3.05) is 6.54 Å². The van der Waals surface area contributed by atoms with Crippen molar-refractivity contribution in [2.24, 2.45) is 17.6 Å². The van der Waals surface area contributed by atoms with Crippen molar-refractivity contribution < 1.29 is 14.4 Å². The van der Waals surface area contributed by atoms with Crippen LogP contribution in [0.3, 0.4) is 0 Å². The van der Waals surface area contributed by atoms with Gasteiger partial charge in [-0.2, -0.15) is 0 Å². The molecule has 0 heterocycles. The molecule has 0 aromatic heterocycles. The van der Waals surface area contributed by atoms with Gasteiger partial charge in [0.15, 0.2) is 5.78 Å². The van der Waals surface area contributed by atoms with Crippen LogP contribution in [0.1, 0.15) is 60.3 Å². The molecule has 0 saturated heterocycles. The van der Waals surface area contributed by atoms with Crippen molar-refractivity contribution in [2.45, 2.75) is 72.4 Å². The van der Waals surface area contributed by atoms with Gasteiger partial charge < -0.3 is 16.4 Å². The van der Waals surface area contributed by atoms with Gasteiger partial charge in [0.2, 0.25) is 11.8 Å². The summed E-state index contributed by atoms with van der Waals surface area (Å²) in [5.41, 5.74) is 5.64. The zero-order chi connectivity index (χ0) is 18.0. The van der Waals surface area contributed by atoms with Gasteiger partial charge in [-0.25, -0.2) is 0 Å².